The molecule has 0 fully saturated rings. The first-order valence-corrected chi connectivity index (χ1v) is 6.02. The molecule has 1 rings (SSSR count). The SMILES string of the molecule is NCCc1ccc(C(=O)NCCC(O)C(=O)O)cc1. The topological polar surface area (TPSA) is 113 Å². The van der Waals surface area contributed by atoms with Crippen molar-refractivity contribution in [2.24, 2.45) is 5.73 Å². The van der Waals surface area contributed by atoms with E-state index in [0.29, 0.717) is 12.1 Å². The summed E-state index contributed by atoms with van der Waals surface area (Å²) < 4.78 is 0. The molecule has 0 saturated heterocycles. The van der Waals surface area contributed by atoms with Crippen molar-refractivity contribution in [3.8, 4) is 0 Å². The van der Waals surface area contributed by atoms with Crippen LogP contribution in [0, 0.1) is 0 Å². The highest BCUT2D eigenvalue weighted by Crippen LogP contribution is 2.04. The van der Waals surface area contributed by atoms with Gasteiger partial charge in [0.2, 0.25) is 0 Å². The van der Waals surface area contributed by atoms with Gasteiger partial charge in [0.15, 0.2) is 6.10 Å². The molecule has 5 N–H and O–H groups in total. The van der Waals surface area contributed by atoms with E-state index in [0.717, 1.165) is 12.0 Å². The molecule has 6 heteroatoms. The number of carbonyl (C=O) groups excluding carboxylic acids is 1. The first-order chi connectivity index (χ1) is 9.04. The molecular formula is C13H18N2O4. The van der Waals surface area contributed by atoms with Crippen molar-refractivity contribution < 1.29 is 19.8 Å². The Kier molecular flexibility index (Phi) is 5.98. The zero-order valence-corrected chi connectivity index (χ0v) is 10.5. The maximum Gasteiger partial charge on any atom is 0.332 e. The number of hydrogen-bond acceptors (Lipinski definition) is 4. The predicted molar refractivity (Wildman–Crippen MR) is 69.8 cm³/mol. The van der Waals surface area contributed by atoms with Gasteiger partial charge in [-0.1, -0.05) is 12.1 Å². The number of nitrogens with one attached hydrogen (secondary N) is 1. The minimum Gasteiger partial charge on any atom is -0.479 e. The third-order valence-electron chi connectivity index (χ3n) is 2.64. The largest absolute Gasteiger partial charge is 0.479 e. The fraction of sp³-hybridized carbons (Fsp3) is 0.385. The molecule has 0 aromatic heterocycles. The Hall–Kier alpha value is -1.92. The van der Waals surface area contributed by atoms with Gasteiger partial charge >= 0.3 is 5.97 Å². The van der Waals surface area contributed by atoms with E-state index in [1.807, 2.05) is 12.1 Å². The molecule has 1 amide bonds. The molecule has 0 aliphatic heterocycles. The minimum atomic E-state index is -1.45. The lowest BCUT2D eigenvalue weighted by molar-refractivity contribution is -0.146. The number of carboxylic acid groups (broad SMARTS) is 1. The normalized spacial score (nSPS) is 11.9. The quantitative estimate of drug-likeness (QED) is 0.544. The molecule has 0 spiro atoms. The summed E-state index contributed by atoms with van der Waals surface area (Å²) >= 11 is 0. The summed E-state index contributed by atoms with van der Waals surface area (Å²) in [6.07, 6.45) is -0.716. The lowest BCUT2D eigenvalue weighted by Gasteiger charge is -2.08. The van der Waals surface area contributed by atoms with Crippen LogP contribution in [-0.4, -0.2) is 41.3 Å². The van der Waals surface area contributed by atoms with Crippen LogP contribution >= 0.6 is 0 Å². The molecule has 104 valence electrons. The Balaban J connectivity index is 2.43. The Labute approximate surface area is 111 Å². The third-order valence-corrected chi connectivity index (χ3v) is 2.64. The molecule has 19 heavy (non-hydrogen) atoms. The zero-order chi connectivity index (χ0) is 14.3. The van der Waals surface area contributed by atoms with Crippen molar-refractivity contribution >= 4 is 11.9 Å². The molecule has 0 aliphatic carbocycles. The van der Waals surface area contributed by atoms with Crippen LogP contribution < -0.4 is 11.1 Å². The van der Waals surface area contributed by atoms with Crippen LogP contribution in [0.25, 0.3) is 0 Å². The van der Waals surface area contributed by atoms with Crippen molar-refractivity contribution in [1.29, 1.82) is 0 Å². The van der Waals surface area contributed by atoms with E-state index in [9.17, 15) is 9.59 Å². The third kappa shape index (κ3) is 5.07. The van der Waals surface area contributed by atoms with Crippen LogP contribution in [0.15, 0.2) is 24.3 Å². The van der Waals surface area contributed by atoms with Gasteiger partial charge in [-0.25, -0.2) is 4.79 Å². The molecule has 1 unspecified atom stereocenters. The summed E-state index contributed by atoms with van der Waals surface area (Å²) in [5.41, 5.74) is 6.97. The van der Waals surface area contributed by atoms with E-state index >= 15 is 0 Å². The first kappa shape index (κ1) is 15.1. The van der Waals surface area contributed by atoms with Crippen molar-refractivity contribution in [1.82, 2.24) is 5.32 Å². The predicted octanol–water partition coefficient (Wildman–Crippen LogP) is -0.247. The number of aliphatic hydroxyl groups excluding tert-OH is 1. The highest BCUT2D eigenvalue weighted by Gasteiger charge is 2.13. The molecule has 1 aromatic carbocycles. The number of benzene rings is 1. The van der Waals surface area contributed by atoms with Gasteiger partial charge < -0.3 is 21.3 Å². The number of amides is 1. The smallest absolute Gasteiger partial charge is 0.332 e. The van der Waals surface area contributed by atoms with E-state index in [4.69, 9.17) is 15.9 Å². The maximum absolute atomic E-state index is 11.7. The van der Waals surface area contributed by atoms with E-state index in [1.54, 1.807) is 12.1 Å². The summed E-state index contributed by atoms with van der Waals surface area (Å²) in [6.45, 7) is 0.662. The van der Waals surface area contributed by atoms with Crippen LogP contribution in [0.5, 0.6) is 0 Å². The van der Waals surface area contributed by atoms with Crippen LogP contribution in [0.2, 0.25) is 0 Å². The number of rotatable bonds is 7. The van der Waals surface area contributed by atoms with Crippen molar-refractivity contribution in [3.63, 3.8) is 0 Å². The molecule has 0 heterocycles. The molecule has 1 atom stereocenters. The average Bonchev–Trinajstić information content (AvgIpc) is 2.39. The van der Waals surface area contributed by atoms with Gasteiger partial charge in [-0.3, -0.25) is 4.79 Å². The minimum absolute atomic E-state index is 0.0215. The number of nitrogens with two attached hydrogens (primary N) is 1. The standard InChI is InChI=1S/C13H18N2O4/c14-7-5-9-1-3-10(4-2-9)12(17)15-8-6-11(16)13(18)19/h1-4,11,16H,5-8,14H2,(H,15,17)(H,18,19). The first-order valence-electron chi connectivity index (χ1n) is 6.02. The number of carboxylic acids is 1. The Morgan fingerprint density at radius 1 is 1.26 bits per heavy atom. The summed E-state index contributed by atoms with van der Waals surface area (Å²) in [4.78, 5) is 22.1. The Morgan fingerprint density at radius 2 is 1.89 bits per heavy atom. The highest BCUT2D eigenvalue weighted by atomic mass is 16.4. The van der Waals surface area contributed by atoms with E-state index < -0.39 is 12.1 Å². The van der Waals surface area contributed by atoms with Gasteiger partial charge in [-0.05, 0) is 30.7 Å². The molecule has 0 bridgehead atoms. The summed E-state index contributed by atoms with van der Waals surface area (Å²) in [7, 11) is 0. The maximum atomic E-state index is 11.7. The molecule has 0 saturated carbocycles. The van der Waals surface area contributed by atoms with E-state index in [-0.39, 0.29) is 18.9 Å². The Morgan fingerprint density at radius 3 is 2.42 bits per heavy atom. The fourth-order valence-corrected chi connectivity index (χ4v) is 1.54. The van der Waals surface area contributed by atoms with Gasteiger partial charge in [0.25, 0.3) is 5.91 Å². The molecule has 0 radical (unpaired) electrons. The molecule has 6 nitrogen and oxygen atoms in total. The molecular weight excluding hydrogens is 248 g/mol. The average molecular weight is 266 g/mol. The van der Waals surface area contributed by atoms with E-state index in [1.165, 1.54) is 0 Å². The van der Waals surface area contributed by atoms with Crippen molar-refractivity contribution in [2.75, 3.05) is 13.1 Å². The van der Waals surface area contributed by atoms with Crippen molar-refractivity contribution in [3.05, 3.63) is 35.4 Å². The monoisotopic (exact) mass is 266 g/mol. The van der Waals surface area contributed by atoms with Gasteiger partial charge in [-0.15, -0.1) is 0 Å². The molecule has 1 aromatic rings. The number of aliphatic hydroxyl groups is 1. The lowest BCUT2D eigenvalue weighted by Crippen LogP contribution is -2.30. The number of aliphatic carboxylic acids is 1. The Bertz CT molecular complexity index is 431. The van der Waals surface area contributed by atoms with Gasteiger partial charge in [0.1, 0.15) is 0 Å². The highest BCUT2D eigenvalue weighted by molar-refractivity contribution is 5.94. The van der Waals surface area contributed by atoms with Crippen LogP contribution in [0.1, 0.15) is 22.3 Å². The number of carbonyl (C=O) groups is 2. The van der Waals surface area contributed by atoms with Gasteiger partial charge in [0, 0.05) is 18.5 Å². The second-order valence-corrected chi connectivity index (χ2v) is 4.13. The zero-order valence-electron chi connectivity index (χ0n) is 10.5. The second-order valence-electron chi connectivity index (χ2n) is 4.13. The number of hydrogen-bond donors (Lipinski definition) is 4. The van der Waals surface area contributed by atoms with Crippen LogP contribution in [-0.2, 0) is 11.2 Å². The lowest BCUT2D eigenvalue weighted by atomic mass is 10.1. The van der Waals surface area contributed by atoms with Gasteiger partial charge in [-0.2, -0.15) is 0 Å². The summed E-state index contributed by atoms with van der Waals surface area (Å²) in [6, 6.07) is 7.03. The van der Waals surface area contributed by atoms with E-state index in [2.05, 4.69) is 5.32 Å². The fourth-order valence-electron chi connectivity index (χ4n) is 1.54. The summed E-state index contributed by atoms with van der Waals surface area (Å²) in [5.74, 6) is -1.59. The summed E-state index contributed by atoms with van der Waals surface area (Å²) in [5, 5.41) is 20.1. The van der Waals surface area contributed by atoms with Gasteiger partial charge in [0.05, 0.1) is 0 Å². The second kappa shape index (κ2) is 7.50. The van der Waals surface area contributed by atoms with Crippen molar-refractivity contribution in [2.45, 2.75) is 18.9 Å². The molecule has 0 aliphatic rings. The van der Waals surface area contributed by atoms with Crippen LogP contribution in [0.4, 0.5) is 0 Å². The van der Waals surface area contributed by atoms with Crippen LogP contribution in [0.3, 0.4) is 0 Å².